The molecule has 1 rings (SSSR count). The highest BCUT2D eigenvalue weighted by molar-refractivity contribution is 8.00. The Labute approximate surface area is 92.6 Å². The summed E-state index contributed by atoms with van der Waals surface area (Å²) in [4.78, 5) is 2.54. The van der Waals surface area contributed by atoms with E-state index in [0.29, 0.717) is 10.8 Å². The second kappa shape index (κ2) is 5.38. The summed E-state index contributed by atoms with van der Waals surface area (Å²) in [5.41, 5.74) is 5.92. The molecule has 1 unspecified atom stereocenters. The Bertz CT molecular complexity index is 160. The first-order chi connectivity index (χ1) is 6.65. The van der Waals surface area contributed by atoms with Crippen LogP contribution in [0.5, 0.6) is 0 Å². The Morgan fingerprint density at radius 3 is 2.43 bits per heavy atom. The maximum atomic E-state index is 5.92. The fraction of sp³-hybridized carbons (Fsp3) is 1.00. The molecule has 1 saturated heterocycles. The van der Waals surface area contributed by atoms with Crippen LogP contribution in [0.2, 0.25) is 0 Å². The smallest absolute Gasteiger partial charge is 0.0279 e. The van der Waals surface area contributed by atoms with Crippen LogP contribution < -0.4 is 5.73 Å². The summed E-state index contributed by atoms with van der Waals surface area (Å²) < 4.78 is 0.462. The van der Waals surface area contributed by atoms with Crippen LogP contribution in [0, 0.1) is 0 Å². The van der Waals surface area contributed by atoms with Crippen LogP contribution in [0.4, 0.5) is 0 Å². The normalized spacial score (nSPS) is 24.4. The van der Waals surface area contributed by atoms with Gasteiger partial charge in [0.1, 0.15) is 0 Å². The van der Waals surface area contributed by atoms with Gasteiger partial charge in [-0.15, -0.1) is 0 Å². The molecule has 0 amide bonds. The highest BCUT2D eigenvalue weighted by atomic mass is 32.2. The third-order valence-electron chi connectivity index (χ3n) is 3.54. The topological polar surface area (TPSA) is 29.3 Å². The molecule has 0 aromatic heterocycles. The Morgan fingerprint density at radius 2 is 2.07 bits per heavy atom. The largest absolute Gasteiger partial charge is 0.326 e. The second-order valence-electron chi connectivity index (χ2n) is 4.38. The summed E-state index contributed by atoms with van der Waals surface area (Å²) in [6.45, 7) is 8.12. The van der Waals surface area contributed by atoms with E-state index in [9.17, 15) is 0 Å². The van der Waals surface area contributed by atoms with Crippen molar-refractivity contribution >= 4 is 11.8 Å². The van der Waals surface area contributed by atoms with Gasteiger partial charge in [0.05, 0.1) is 0 Å². The van der Waals surface area contributed by atoms with Crippen LogP contribution in [-0.2, 0) is 0 Å². The van der Waals surface area contributed by atoms with Crippen molar-refractivity contribution in [3.8, 4) is 0 Å². The lowest BCUT2D eigenvalue weighted by atomic mass is 10.0. The lowest BCUT2D eigenvalue weighted by Gasteiger charge is -2.34. The van der Waals surface area contributed by atoms with Crippen LogP contribution in [0.25, 0.3) is 0 Å². The number of thioether (sulfide) groups is 1. The molecule has 0 spiro atoms. The zero-order valence-electron chi connectivity index (χ0n) is 9.75. The van der Waals surface area contributed by atoms with Gasteiger partial charge in [-0.1, -0.05) is 13.8 Å². The van der Waals surface area contributed by atoms with E-state index in [1.54, 1.807) is 0 Å². The zero-order chi connectivity index (χ0) is 10.6. The van der Waals surface area contributed by atoms with Crippen molar-refractivity contribution in [2.75, 3.05) is 25.9 Å². The van der Waals surface area contributed by atoms with Gasteiger partial charge in [0.2, 0.25) is 0 Å². The average Bonchev–Trinajstić information content (AvgIpc) is 2.61. The third-order valence-corrected chi connectivity index (χ3v) is 5.11. The molecule has 1 atom stereocenters. The molecular weight excluding hydrogens is 192 g/mol. The molecule has 0 radical (unpaired) electrons. The number of hydrogen-bond acceptors (Lipinski definition) is 3. The van der Waals surface area contributed by atoms with Crippen molar-refractivity contribution in [3.05, 3.63) is 0 Å². The van der Waals surface area contributed by atoms with E-state index in [-0.39, 0.29) is 0 Å². The van der Waals surface area contributed by atoms with Crippen LogP contribution in [0.1, 0.15) is 33.1 Å². The van der Waals surface area contributed by atoms with Crippen molar-refractivity contribution in [1.82, 2.24) is 4.90 Å². The van der Waals surface area contributed by atoms with Gasteiger partial charge >= 0.3 is 0 Å². The summed E-state index contributed by atoms with van der Waals surface area (Å²) in [6, 6.07) is 0.420. The molecule has 2 N–H and O–H groups in total. The lowest BCUT2D eigenvalue weighted by molar-refractivity contribution is 0.286. The standard InChI is InChI=1S/C11H24N2S/c1-4-11(5-2,14-3)9-13-7-6-10(12)8-13/h10H,4-9,12H2,1-3H3. The Kier molecular flexibility index (Phi) is 4.74. The van der Waals surface area contributed by atoms with Gasteiger partial charge in [-0.05, 0) is 32.1 Å². The fourth-order valence-electron chi connectivity index (χ4n) is 2.24. The van der Waals surface area contributed by atoms with E-state index >= 15 is 0 Å². The number of rotatable bonds is 5. The molecule has 0 bridgehead atoms. The van der Waals surface area contributed by atoms with Crippen molar-refractivity contribution in [3.63, 3.8) is 0 Å². The van der Waals surface area contributed by atoms with E-state index in [1.165, 1.54) is 32.4 Å². The van der Waals surface area contributed by atoms with Crippen LogP contribution in [0.15, 0.2) is 0 Å². The minimum atomic E-state index is 0.420. The maximum absolute atomic E-state index is 5.92. The number of nitrogens with two attached hydrogens (primary N) is 1. The van der Waals surface area contributed by atoms with Gasteiger partial charge in [0.25, 0.3) is 0 Å². The SMILES string of the molecule is CCC(CC)(CN1CCC(N)C1)SC. The predicted octanol–water partition coefficient (Wildman–Crippen LogP) is 1.94. The Hall–Kier alpha value is 0.270. The van der Waals surface area contributed by atoms with Gasteiger partial charge in [-0.3, -0.25) is 0 Å². The third kappa shape index (κ3) is 2.88. The molecule has 84 valence electrons. The van der Waals surface area contributed by atoms with Gasteiger partial charge < -0.3 is 10.6 Å². The minimum Gasteiger partial charge on any atom is -0.326 e. The molecule has 2 nitrogen and oxygen atoms in total. The van der Waals surface area contributed by atoms with Gasteiger partial charge in [-0.25, -0.2) is 0 Å². The van der Waals surface area contributed by atoms with Crippen molar-refractivity contribution in [1.29, 1.82) is 0 Å². The summed E-state index contributed by atoms with van der Waals surface area (Å²) in [5.74, 6) is 0. The van der Waals surface area contributed by atoms with Crippen molar-refractivity contribution < 1.29 is 0 Å². The van der Waals surface area contributed by atoms with E-state index < -0.39 is 0 Å². The lowest BCUT2D eigenvalue weighted by Crippen LogP contribution is -2.39. The second-order valence-corrected chi connectivity index (χ2v) is 5.65. The summed E-state index contributed by atoms with van der Waals surface area (Å²) in [6.07, 6.45) is 5.94. The highest BCUT2D eigenvalue weighted by Gasteiger charge is 2.30. The predicted molar refractivity (Wildman–Crippen MR) is 65.9 cm³/mol. The molecule has 1 aliphatic rings. The summed E-state index contributed by atoms with van der Waals surface area (Å²) in [5, 5.41) is 0. The maximum Gasteiger partial charge on any atom is 0.0279 e. The zero-order valence-corrected chi connectivity index (χ0v) is 10.6. The first-order valence-corrected chi connectivity index (χ1v) is 6.91. The van der Waals surface area contributed by atoms with E-state index in [2.05, 4.69) is 25.0 Å². The van der Waals surface area contributed by atoms with E-state index in [1.807, 2.05) is 11.8 Å². The molecule has 0 aromatic rings. The molecule has 0 aromatic carbocycles. The Morgan fingerprint density at radius 1 is 1.43 bits per heavy atom. The number of hydrogen-bond donors (Lipinski definition) is 1. The minimum absolute atomic E-state index is 0.420. The molecule has 1 fully saturated rings. The summed E-state index contributed by atoms with van der Waals surface area (Å²) >= 11 is 2.02. The Balaban J connectivity index is 2.47. The van der Waals surface area contributed by atoms with E-state index in [0.717, 1.165) is 6.54 Å². The fourth-order valence-corrected chi connectivity index (χ4v) is 3.13. The molecule has 1 aliphatic heterocycles. The van der Waals surface area contributed by atoms with Gasteiger partial charge in [-0.2, -0.15) is 11.8 Å². The molecule has 3 heteroatoms. The quantitative estimate of drug-likeness (QED) is 0.761. The molecule has 1 heterocycles. The van der Waals surface area contributed by atoms with Gasteiger partial charge in [0.15, 0.2) is 0 Å². The number of likely N-dealkylation sites (tertiary alicyclic amines) is 1. The molecule has 0 aliphatic carbocycles. The van der Waals surface area contributed by atoms with Crippen molar-refractivity contribution in [2.24, 2.45) is 5.73 Å². The highest BCUT2D eigenvalue weighted by Crippen LogP contribution is 2.32. The van der Waals surface area contributed by atoms with Gasteiger partial charge in [0, 0.05) is 23.9 Å². The van der Waals surface area contributed by atoms with Crippen LogP contribution >= 0.6 is 11.8 Å². The first-order valence-electron chi connectivity index (χ1n) is 5.69. The number of nitrogens with zero attached hydrogens (tertiary/aromatic N) is 1. The van der Waals surface area contributed by atoms with Crippen LogP contribution in [0.3, 0.4) is 0 Å². The van der Waals surface area contributed by atoms with Crippen LogP contribution in [-0.4, -0.2) is 41.6 Å². The average molecular weight is 216 g/mol. The molecule has 14 heavy (non-hydrogen) atoms. The summed E-state index contributed by atoms with van der Waals surface area (Å²) in [7, 11) is 0. The van der Waals surface area contributed by atoms with Crippen molar-refractivity contribution in [2.45, 2.75) is 43.9 Å². The molecule has 0 saturated carbocycles. The molecular formula is C11H24N2S. The monoisotopic (exact) mass is 216 g/mol. The first kappa shape index (κ1) is 12.3. The van der Waals surface area contributed by atoms with E-state index in [4.69, 9.17) is 5.73 Å².